The average molecular weight is 466 g/mol. The third-order valence-electron chi connectivity index (χ3n) is 4.46. The Bertz CT molecular complexity index is 1140. The van der Waals surface area contributed by atoms with Crippen molar-refractivity contribution >= 4 is 17.4 Å². The Morgan fingerprint density at radius 2 is 1.66 bits per heavy atom. The molecule has 0 saturated heterocycles. The summed E-state index contributed by atoms with van der Waals surface area (Å²) in [7, 11) is 0. The van der Waals surface area contributed by atoms with E-state index in [9.17, 15) is 22.4 Å². The number of ether oxygens (including phenoxy) is 1. The Kier molecular flexibility index (Phi) is 6.60. The van der Waals surface area contributed by atoms with Gasteiger partial charge in [-0.15, -0.1) is 0 Å². The highest BCUT2D eigenvalue weighted by Gasteiger charge is 2.30. The molecule has 0 unspecified atom stereocenters. The topological polar surface area (TPSA) is 39.2 Å². The number of hydrogen-bond acceptors (Lipinski definition) is 3. The van der Waals surface area contributed by atoms with Crippen molar-refractivity contribution in [2.75, 3.05) is 0 Å². The van der Waals surface area contributed by atoms with Crippen LogP contribution in [0.5, 0.6) is 11.6 Å². The van der Waals surface area contributed by atoms with E-state index in [0.717, 1.165) is 30.3 Å². The van der Waals surface area contributed by atoms with Crippen LogP contribution in [-0.4, -0.2) is 10.8 Å². The Morgan fingerprint density at radius 1 is 1.03 bits per heavy atom. The van der Waals surface area contributed by atoms with Gasteiger partial charge < -0.3 is 4.74 Å². The van der Waals surface area contributed by atoms with E-state index in [4.69, 9.17) is 16.3 Å². The Balaban J connectivity index is 2.10. The van der Waals surface area contributed by atoms with E-state index < -0.39 is 17.6 Å². The summed E-state index contributed by atoms with van der Waals surface area (Å²) in [5, 5.41) is 0.254. The number of carbonyl (C=O) groups is 1. The van der Waals surface area contributed by atoms with E-state index >= 15 is 0 Å². The van der Waals surface area contributed by atoms with Crippen molar-refractivity contribution in [2.24, 2.45) is 5.41 Å². The third-order valence-corrected chi connectivity index (χ3v) is 4.77. The first-order valence-electron chi connectivity index (χ1n) is 9.69. The maximum absolute atomic E-state index is 14.9. The summed E-state index contributed by atoms with van der Waals surface area (Å²) in [4.78, 5) is 17.0. The number of ketones is 1. The molecule has 0 amide bonds. The largest absolute Gasteiger partial charge is 0.437 e. The molecule has 0 bridgehead atoms. The number of alkyl halides is 3. The number of aromatic nitrogens is 1. The minimum Gasteiger partial charge on any atom is -0.437 e. The van der Waals surface area contributed by atoms with Gasteiger partial charge in [-0.2, -0.15) is 13.2 Å². The molecule has 0 atom stereocenters. The van der Waals surface area contributed by atoms with E-state index in [2.05, 4.69) is 4.98 Å². The second-order valence-corrected chi connectivity index (χ2v) is 8.85. The van der Waals surface area contributed by atoms with Crippen LogP contribution >= 0.6 is 11.6 Å². The molecule has 1 aromatic heterocycles. The molecule has 1 heterocycles. The molecule has 0 radical (unpaired) electrons. The number of benzene rings is 2. The zero-order valence-corrected chi connectivity index (χ0v) is 18.3. The maximum atomic E-state index is 14.9. The quantitative estimate of drug-likeness (QED) is 0.283. The zero-order valence-electron chi connectivity index (χ0n) is 17.6. The van der Waals surface area contributed by atoms with Crippen LogP contribution < -0.4 is 4.74 Å². The van der Waals surface area contributed by atoms with E-state index in [-0.39, 0.29) is 51.1 Å². The molecule has 32 heavy (non-hydrogen) atoms. The molecule has 168 valence electrons. The summed E-state index contributed by atoms with van der Waals surface area (Å²) in [6, 6.07) is 11.4. The highest BCUT2D eigenvalue weighted by atomic mass is 35.5. The highest BCUT2D eigenvalue weighted by molar-refractivity contribution is 6.32. The second kappa shape index (κ2) is 8.90. The molecule has 0 aliphatic rings. The van der Waals surface area contributed by atoms with Gasteiger partial charge in [-0.1, -0.05) is 56.6 Å². The fourth-order valence-corrected chi connectivity index (χ4v) is 3.15. The van der Waals surface area contributed by atoms with Crippen LogP contribution in [0.1, 0.15) is 43.1 Å². The molecule has 0 aliphatic carbocycles. The average Bonchev–Trinajstić information content (AvgIpc) is 2.69. The van der Waals surface area contributed by atoms with Gasteiger partial charge >= 0.3 is 6.18 Å². The van der Waals surface area contributed by atoms with Crippen LogP contribution in [0.4, 0.5) is 17.6 Å². The number of nitrogens with zero attached hydrogens (tertiary/aromatic N) is 1. The summed E-state index contributed by atoms with van der Waals surface area (Å²) in [6.45, 7) is 5.58. The molecule has 8 heteroatoms. The summed E-state index contributed by atoms with van der Waals surface area (Å²) in [5.74, 6) is -1.21. The van der Waals surface area contributed by atoms with Gasteiger partial charge in [0, 0.05) is 12.0 Å². The molecule has 3 aromatic rings. The van der Waals surface area contributed by atoms with E-state index in [0.29, 0.717) is 0 Å². The van der Waals surface area contributed by atoms with E-state index in [1.165, 1.54) is 0 Å². The molecule has 0 aliphatic heterocycles. The monoisotopic (exact) mass is 465 g/mol. The van der Waals surface area contributed by atoms with Gasteiger partial charge in [0.25, 0.3) is 0 Å². The molecule has 0 spiro atoms. The first-order chi connectivity index (χ1) is 14.8. The number of Topliss-reactive ketones (excluding diaryl/α,β-unsaturated/α-hetero) is 1. The fourth-order valence-electron chi connectivity index (χ4n) is 2.98. The van der Waals surface area contributed by atoms with E-state index in [1.807, 2.05) is 20.8 Å². The zero-order chi connectivity index (χ0) is 23.7. The van der Waals surface area contributed by atoms with Crippen LogP contribution in [0.3, 0.4) is 0 Å². The van der Waals surface area contributed by atoms with Crippen molar-refractivity contribution in [3.8, 4) is 22.9 Å². The predicted molar refractivity (Wildman–Crippen MR) is 115 cm³/mol. The molecule has 2 aromatic carbocycles. The number of halogens is 5. The van der Waals surface area contributed by atoms with Gasteiger partial charge in [-0.25, -0.2) is 9.37 Å². The molecule has 0 N–H and O–H groups in total. The van der Waals surface area contributed by atoms with Crippen LogP contribution in [0, 0.1) is 11.2 Å². The van der Waals surface area contributed by atoms with Crippen LogP contribution in [0.2, 0.25) is 5.02 Å². The SMILES string of the molecule is CC(C)(C)CC(=O)c1cc(F)c(-c2ccc(C(F)(F)F)cc2)nc1Oc1ccccc1Cl. The molecule has 3 rings (SSSR count). The smallest absolute Gasteiger partial charge is 0.416 e. The van der Waals surface area contributed by atoms with Gasteiger partial charge in [0.2, 0.25) is 5.88 Å². The minimum absolute atomic E-state index is 0.0759. The predicted octanol–water partition coefficient (Wildman–Crippen LogP) is 7.97. The molecular weight excluding hydrogens is 446 g/mol. The number of para-hydroxylation sites is 1. The van der Waals surface area contributed by atoms with Gasteiger partial charge in [-0.3, -0.25) is 4.79 Å². The normalized spacial score (nSPS) is 12.0. The first-order valence-corrected chi connectivity index (χ1v) is 10.1. The lowest BCUT2D eigenvalue weighted by Crippen LogP contribution is -2.15. The fraction of sp³-hybridized carbons (Fsp3) is 0.250. The number of rotatable bonds is 5. The maximum Gasteiger partial charge on any atom is 0.416 e. The van der Waals surface area contributed by atoms with Crippen LogP contribution in [0.15, 0.2) is 54.6 Å². The van der Waals surface area contributed by atoms with Crippen molar-refractivity contribution in [3.05, 3.63) is 76.6 Å². The lowest BCUT2D eigenvalue weighted by atomic mass is 9.88. The van der Waals surface area contributed by atoms with E-state index in [1.54, 1.807) is 24.3 Å². The van der Waals surface area contributed by atoms with Gasteiger partial charge in [0.15, 0.2) is 5.78 Å². The van der Waals surface area contributed by atoms with Crippen LogP contribution in [0.25, 0.3) is 11.3 Å². The van der Waals surface area contributed by atoms with Gasteiger partial charge in [0.1, 0.15) is 17.3 Å². The molecule has 3 nitrogen and oxygen atoms in total. The van der Waals surface area contributed by atoms with Gasteiger partial charge in [0.05, 0.1) is 16.1 Å². The standard InChI is InChI=1S/C24H20ClF4NO2/c1-23(2,3)13-19(31)16-12-18(26)21(14-8-10-15(11-9-14)24(27,28)29)30-22(16)32-20-7-5-4-6-17(20)25/h4-12H,13H2,1-3H3. The minimum atomic E-state index is -4.52. The Morgan fingerprint density at radius 3 is 2.22 bits per heavy atom. The molecular formula is C24H20ClF4NO2. The summed E-state index contributed by atoms with van der Waals surface area (Å²) in [5.41, 5.74) is -1.46. The summed E-state index contributed by atoms with van der Waals surface area (Å²) < 4.78 is 59.3. The molecule has 0 fully saturated rings. The van der Waals surface area contributed by atoms with Crippen molar-refractivity contribution in [2.45, 2.75) is 33.4 Å². The first kappa shape index (κ1) is 23.7. The molecule has 0 saturated carbocycles. The van der Waals surface area contributed by atoms with Crippen molar-refractivity contribution in [1.82, 2.24) is 4.98 Å². The Labute approximate surface area is 188 Å². The van der Waals surface area contributed by atoms with Crippen LogP contribution in [-0.2, 0) is 6.18 Å². The van der Waals surface area contributed by atoms with Crippen molar-refractivity contribution in [3.63, 3.8) is 0 Å². The highest BCUT2D eigenvalue weighted by Crippen LogP contribution is 2.36. The summed E-state index contributed by atoms with van der Waals surface area (Å²) in [6.07, 6.45) is -4.42. The van der Waals surface area contributed by atoms with Crippen molar-refractivity contribution in [1.29, 1.82) is 0 Å². The lowest BCUT2D eigenvalue weighted by molar-refractivity contribution is -0.137. The van der Waals surface area contributed by atoms with Gasteiger partial charge in [-0.05, 0) is 35.7 Å². The third kappa shape index (κ3) is 5.65. The summed E-state index contributed by atoms with van der Waals surface area (Å²) >= 11 is 6.14. The number of pyridine rings is 1. The number of carbonyl (C=O) groups excluding carboxylic acids is 1. The lowest BCUT2D eigenvalue weighted by Gasteiger charge is -2.19. The second-order valence-electron chi connectivity index (χ2n) is 8.44. The van der Waals surface area contributed by atoms with Crippen molar-refractivity contribution < 1.29 is 27.1 Å². The Hall–Kier alpha value is -2.93. The number of hydrogen-bond donors (Lipinski definition) is 0.